The topological polar surface area (TPSA) is 38.8 Å². The van der Waals surface area contributed by atoms with Crippen LogP contribution in [0, 0.1) is 5.92 Å². The fourth-order valence-electron chi connectivity index (χ4n) is 4.16. The number of aryl methyl sites for hydroxylation is 1. The number of nitrogens with zero attached hydrogens (tertiary/aromatic N) is 3. The van der Waals surface area contributed by atoms with Gasteiger partial charge in [-0.1, -0.05) is 19.1 Å². The molecule has 2 aliphatic heterocycles. The second-order valence-electron chi connectivity index (χ2n) is 8.24. The zero-order valence-corrected chi connectivity index (χ0v) is 17.1. The normalized spacial score (nSPS) is 20.7. The first-order chi connectivity index (χ1) is 13.1. The maximum Gasteiger partial charge on any atom is 0.225 e. The molecule has 2 aliphatic rings. The van der Waals surface area contributed by atoms with Crippen LogP contribution in [-0.4, -0.2) is 80.0 Å². The van der Waals surface area contributed by atoms with Crippen molar-refractivity contribution in [3.05, 3.63) is 29.8 Å². The quantitative estimate of drug-likeness (QED) is 0.798. The van der Waals surface area contributed by atoms with Gasteiger partial charge < -0.3 is 20.0 Å². The summed E-state index contributed by atoms with van der Waals surface area (Å²) in [6.07, 6.45) is 4.25. The fraction of sp³-hybridized carbons (Fsp3) is 0.682. The molecule has 2 fully saturated rings. The molecule has 3 rings (SSSR count). The van der Waals surface area contributed by atoms with Crippen molar-refractivity contribution in [2.75, 3.05) is 64.7 Å². The van der Waals surface area contributed by atoms with E-state index >= 15 is 0 Å². The minimum absolute atomic E-state index is 0.122. The Hall–Kier alpha value is -1.43. The lowest BCUT2D eigenvalue weighted by molar-refractivity contribution is -0.116. The van der Waals surface area contributed by atoms with Crippen LogP contribution in [-0.2, 0) is 11.2 Å². The largest absolute Gasteiger partial charge is 0.326 e. The molecular formula is C22H36N4O. The van der Waals surface area contributed by atoms with Crippen molar-refractivity contribution >= 4 is 11.6 Å². The van der Waals surface area contributed by atoms with Crippen LogP contribution in [0.4, 0.5) is 5.69 Å². The molecule has 0 radical (unpaired) electrons. The number of rotatable bonds is 7. The lowest BCUT2D eigenvalue weighted by atomic mass is 9.96. The average molecular weight is 373 g/mol. The van der Waals surface area contributed by atoms with Gasteiger partial charge in [0.1, 0.15) is 0 Å². The number of hydrogen-bond donors (Lipinski definition) is 1. The molecule has 2 saturated heterocycles. The van der Waals surface area contributed by atoms with E-state index in [1.807, 2.05) is 12.1 Å². The van der Waals surface area contributed by atoms with E-state index in [1.165, 1.54) is 38.0 Å². The summed E-state index contributed by atoms with van der Waals surface area (Å²) in [4.78, 5) is 19.8. The summed E-state index contributed by atoms with van der Waals surface area (Å²) in [5, 5.41) is 3.04. The smallest absolute Gasteiger partial charge is 0.225 e. The zero-order valence-electron chi connectivity index (χ0n) is 17.1. The molecule has 0 aromatic heterocycles. The van der Waals surface area contributed by atoms with Crippen LogP contribution in [0.5, 0.6) is 0 Å². The summed E-state index contributed by atoms with van der Waals surface area (Å²) in [6.45, 7) is 11.2. The highest BCUT2D eigenvalue weighted by Gasteiger charge is 2.22. The Morgan fingerprint density at radius 1 is 1.07 bits per heavy atom. The zero-order chi connectivity index (χ0) is 19.1. The highest BCUT2D eigenvalue weighted by Crippen LogP contribution is 2.18. The summed E-state index contributed by atoms with van der Waals surface area (Å²) in [5.41, 5.74) is 2.18. The molecule has 5 nitrogen and oxygen atoms in total. The summed E-state index contributed by atoms with van der Waals surface area (Å²) in [5.74, 6) is 0.995. The van der Waals surface area contributed by atoms with Gasteiger partial charge in [0.2, 0.25) is 5.91 Å². The Balaban J connectivity index is 1.32. The van der Waals surface area contributed by atoms with Crippen molar-refractivity contribution in [1.82, 2.24) is 14.7 Å². The van der Waals surface area contributed by atoms with Crippen molar-refractivity contribution in [3.8, 4) is 0 Å². The lowest BCUT2D eigenvalue weighted by Gasteiger charge is -2.38. The van der Waals surface area contributed by atoms with E-state index in [1.54, 1.807) is 0 Å². The number of hydrogen-bond acceptors (Lipinski definition) is 4. The molecule has 0 saturated carbocycles. The molecule has 0 bridgehead atoms. The standard InChI is InChI=1S/C22H36N4O/c1-3-19-5-4-6-21(17-19)23-22(27)9-12-25-13-15-26(16-14-25)18-20-7-10-24(2)11-8-20/h4-6,17,20H,3,7-16,18H2,1-2H3,(H,23,27). The highest BCUT2D eigenvalue weighted by atomic mass is 16.1. The van der Waals surface area contributed by atoms with Crippen molar-refractivity contribution in [3.63, 3.8) is 0 Å². The third kappa shape index (κ3) is 6.59. The SMILES string of the molecule is CCc1cccc(NC(=O)CCN2CCN(CC3CCN(C)CC3)CC2)c1. The van der Waals surface area contributed by atoms with E-state index < -0.39 is 0 Å². The van der Waals surface area contributed by atoms with Gasteiger partial charge in [-0.3, -0.25) is 4.79 Å². The van der Waals surface area contributed by atoms with E-state index in [0.717, 1.165) is 50.7 Å². The number of likely N-dealkylation sites (tertiary alicyclic amines) is 1. The molecule has 2 heterocycles. The Labute approximate surface area is 164 Å². The number of carbonyl (C=O) groups is 1. The number of amides is 1. The first-order valence-electron chi connectivity index (χ1n) is 10.6. The molecule has 5 heteroatoms. The van der Waals surface area contributed by atoms with E-state index in [-0.39, 0.29) is 5.91 Å². The molecule has 0 aliphatic carbocycles. The highest BCUT2D eigenvalue weighted by molar-refractivity contribution is 5.90. The average Bonchev–Trinajstić information content (AvgIpc) is 2.69. The Morgan fingerprint density at radius 2 is 1.78 bits per heavy atom. The minimum Gasteiger partial charge on any atom is -0.326 e. The van der Waals surface area contributed by atoms with Crippen LogP contribution in [0.3, 0.4) is 0 Å². The molecule has 1 aromatic rings. The Morgan fingerprint density at radius 3 is 2.48 bits per heavy atom. The van der Waals surface area contributed by atoms with Crippen LogP contribution in [0.1, 0.15) is 31.7 Å². The van der Waals surface area contributed by atoms with Gasteiger partial charge in [-0.2, -0.15) is 0 Å². The molecule has 27 heavy (non-hydrogen) atoms. The molecule has 0 unspecified atom stereocenters. The van der Waals surface area contributed by atoms with Crippen molar-refractivity contribution < 1.29 is 4.79 Å². The lowest BCUT2D eigenvalue weighted by Crippen LogP contribution is -2.49. The van der Waals surface area contributed by atoms with E-state index in [9.17, 15) is 4.79 Å². The van der Waals surface area contributed by atoms with Gasteiger partial charge in [0.15, 0.2) is 0 Å². The first-order valence-corrected chi connectivity index (χ1v) is 10.6. The predicted octanol–water partition coefficient (Wildman–Crippen LogP) is 2.54. The number of benzene rings is 1. The number of piperazine rings is 1. The Bertz CT molecular complexity index is 590. The van der Waals surface area contributed by atoms with Crippen molar-refractivity contribution in [1.29, 1.82) is 0 Å². The molecule has 0 atom stereocenters. The molecule has 1 amide bonds. The minimum atomic E-state index is 0.122. The van der Waals surface area contributed by atoms with Crippen molar-refractivity contribution in [2.45, 2.75) is 32.6 Å². The van der Waals surface area contributed by atoms with Gasteiger partial charge in [0.25, 0.3) is 0 Å². The fourth-order valence-corrected chi connectivity index (χ4v) is 4.16. The monoisotopic (exact) mass is 372 g/mol. The van der Waals surface area contributed by atoms with Gasteiger partial charge in [-0.15, -0.1) is 0 Å². The molecular weight excluding hydrogens is 336 g/mol. The van der Waals surface area contributed by atoms with Crippen molar-refractivity contribution in [2.24, 2.45) is 5.92 Å². The molecule has 0 spiro atoms. The number of carbonyl (C=O) groups excluding carboxylic acids is 1. The Kier molecular flexibility index (Phi) is 7.68. The molecule has 1 N–H and O–H groups in total. The number of piperidine rings is 1. The predicted molar refractivity (Wildman–Crippen MR) is 112 cm³/mol. The van der Waals surface area contributed by atoms with E-state index in [0.29, 0.717) is 6.42 Å². The van der Waals surface area contributed by atoms with E-state index in [2.05, 4.69) is 46.1 Å². The van der Waals surface area contributed by atoms with Gasteiger partial charge in [0, 0.05) is 51.4 Å². The first kappa shape index (κ1) is 20.3. The van der Waals surface area contributed by atoms with Crippen LogP contribution < -0.4 is 5.32 Å². The van der Waals surface area contributed by atoms with Gasteiger partial charge in [-0.25, -0.2) is 0 Å². The summed E-state index contributed by atoms with van der Waals surface area (Å²) in [7, 11) is 2.23. The van der Waals surface area contributed by atoms with Gasteiger partial charge in [-0.05, 0) is 63.0 Å². The summed E-state index contributed by atoms with van der Waals surface area (Å²) in [6, 6.07) is 8.15. The second kappa shape index (κ2) is 10.2. The third-order valence-corrected chi connectivity index (χ3v) is 6.09. The summed E-state index contributed by atoms with van der Waals surface area (Å²) < 4.78 is 0. The maximum atomic E-state index is 12.3. The molecule has 150 valence electrons. The van der Waals surface area contributed by atoms with Gasteiger partial charge in [0.05, 0.1) is 0 Å². The number of nitrogens with one attached hydrogen (secondary N) is 1. The van der Waals surface area contributed by atoms with Crippen LogP contribution in [0.25, 0.3) is 0 Å². The van der Waals surface area contributed by atoms with Gasteiger partial charge >= 0.3 is 0 Å². The second-order valence-corrected chi connectivity index (χ2v) is 8.24. The van der Waals surface area contributed by atoms with Crippen LogP contribution in [0.2, 0.25) is 0 Å². The number of anilines is 1. The third-order valence-electron chi connectivity index (χ3n) is 6.09. The molecule has 1 aromatic carbocycles. The van der Waals surface area contributed by atoms with Crippen LogP contribution >= 0.6 is 0 Å². The van der Waals surface area contributed by atoms with Crippen LogP contribution in [0.15, 0.2) is 24.3 Å². The summed E-state index contributed by atoms with van der Waals surface area (Å²) >= 11 is 0. The van der Waals surface area contributed by atoms with E-state index in [4.69, 9.17) is 0 Å². The maximum absolute atomic E-state index is 12.3.